The summed E-state index contributed by atoms with van der Waals surface area (Å²) in [6, 6.07) is 7.72. The van der Waals surface area contributed by atoms with Crippen molar-refractivity contribution < 1.29 is 9.53 Å². The van der Waals surface area contributed by atoms with Crippen LogP contribution in [0.4, 0.5) is 0 Å². The van der Waals surface area contributed by atoms with Gasteiger partial charge >= 0.3 is 0 Å². The second-order valence-corrected chi connectivity index (χ2v) is 7.75. The van der Waals surface area contributed by atoms with Gasteiger partial charge in [0.1, 0.15) is 5.75 Å². The molecule has 0 saturated heterocycles. The van der Waals surface area contributed by atoms with Crippen LogP contribution in [0, 0.1) is 6.92 Å². The molecule has 0 aliphatic rings. The molecule has 20 heavy (non-hydrogen) atoms. The molecule has 1 atom stereocenters. The summed E-state index contributed by atoms with van der Waals surface area (Å²) in [6.07, 6.45) is -0.476. The minimum Gasteiger partial charge on any atom is -0.481 e. The summed E-state index contributed by atoms with van der Waals surface area (Å²) >= 11 is 1.84. The van der Waals surface area contributed by atoms with Crippen LogP contribution in [0.15, 0.2) is 24.3 Å². The van der Waals surface area contributed by atoms with Gasteiger partial charge in [0.2, 0.25) is 0 Å². The van der Waals surface area contributed by atoms with Crippen molar-refractivity contribution in [3.63, 3.8) is 0 Å². The third-order valence-electron chi connectivity index (χ3n) is 2.61. The van der Waals surface area contributed by atoms with Gasteiger partial charge in [-0.15, -0.1) is 0 Å². The number of thioether (sulfide) groups is 1. The predicted molar refractivity (Wildman–Crippen MR) is 86.5 cm³/mol. The molecule has 1 N–H and O–H groups in total. The van der Waals surface area contributed by atoms with Crippen molar-refractivity contribution in [1.29, 1.82) is 0 Å². The smallest absolute Gasteiger partial charge is 0.260 e. The van der Waals surface area contributed by atoms with E-state index in [1.807, 2.05) is 43.0 Å². The number of aryl methyl sites for hydroxylation is 1. The van der Waals surface area contributed by atoms with Gasteiger partial charge in [0.25, 0.3) is 5.91 Å². The molecule has 0 fully saturated rings. The van der Waals surface area contributed by atoms with Crippen molar-refractivity contribution in [3.05, 3.63) is 29.8 Å². The van der Waals surface area contributed by atoms with Crippen LogP contribution in [-0.4, -0.2) is 29.1 Å². The first-order valence-electron chi connectivity index (χ1n) is 6.93. The SMILES string of the molecule is Cc1cccc(OC(C)C(=O)NCCSC(C)(C)C)c1. The van der Waals surface area contributed by atoms with Gasteiger partial charge in [0.15, 0.2) is 6.10 Å². The first kappa shape index (κ1) is 16.9. The van der Waals surface area contributed by atoms with E-state index in [0.29, 0.717) is 6.54 Å². The summed E-state index contributed by atoms with van der Waals surface area (Å²) in [7, 11) is 0. The summed E-state index contributed by atoms with van der Waals surface area (Å²) in [4.78, 5) is 11.9. The van der Waals surface area contributed by atoms with E-state index in [0.717, 1.165) is 17.1 Å². The monoisotopic (exact) mass is 295 g/mol. The average Bonchev–Trinajstić information content (AvgIpc) is 2.33. The lowest BCUT2D eigenvalue weighted by molar-refractivity contribution is -0.127. The molecule has 0 bridgehead atoms. The van der Waals surface area contributed by atoms with Crippen molar-refractivity contribution in [2.24, 2.45) is 0 Å². The first-order chi connectivity index (χ1) is 9.28. The highest BCUT2D eigenvalue weighted by Crippen LogP contribution is 2.22. The zero-order chi connectivity index (χ0) is 15.2. The molecule has 0 aliphatic heterocycles. The predicted octanol–water partition coefficient (Wildman–Crippen LogP) is 3.41. The van der Waals surface area contributed by atoms with Crippen molar-refractivity contribution in [3.8, 4) is 5.75 Å². The molecule has 4 heteroatoms. The van der Waals surface area contributed by atoms with Crippen LogP contribution in [-0.2, 0) is 4.79 Å². The molecule has 0 heterocycles. The minimum atomic E-state index is -0.476. The van der Waals surface area contributed by atoms with Crippen LogP contribution in [0.2, 0.25) is 0 Å². The minimum absolute atomic E-state index is 0.0685. The van der Waals surface area contributed by atoms with Gasteiger partial charge in [0, 0.05) is 17.0 Å². The van der Waals surface area contributed by atoms with Gasteiger partial charge in [0.05, 0.1) is 0 Å². The third kappa shape index (κ3) is 6.85. The van der Waals surface area contributed by atoms with E-state index in [1.165, 1.54) is 0 Å². The molecule has 0 saturated carbocycles. The van der Waals surface area contributed by atoms with E-state index >= 15 is 0 Å². The number of nitrogens with one attached hydrogen (secondary N) is 1. The molecule has 1 amide bonds. The molecule has 1 rings (SSSR count). The van der Waals surface area contributed by atoms with Gasteiger partial charge in [-0.25, -0.2) is 0 Å². The number of carbonyl (C=O) groups is 1. The highest BCUT2D eigenvalue weighted by atomic mass is 32.2. The fourth-order valence-corrected chi connectivity index (χ4v) is 2.44. The Kier molecular flexibility index (Phi) is 6.40. The van der Waals surface area contributed by atoms with E-state index in [2.05, 4.69) is 26.1 Å². The molecule has 3 nitrogen and oxygen atoms in total. The Balaban J connectivity index is 2.32. The van der Waals surface area contributed by atoms with Crippen LogP contribution in [0.3, 0.4) is 0 Å². The van der Waals surface area contributed by atoms with Gasteiger partial charge < -0.3 is 10.1 Å². The fourth-order valence-electron chi connectivity index (χ4n) is 1.62. The van der Waals surface area contributed by atoms with E-state index in [4.69, 9.17) is 4.74 Å². The number of amides is 1. The highest BCUT2D eigenvalue weighted by molar-refractivity contribution is 8.00. The number of ether oxygens (including phenoxy) is 1. The maximum atomic E-state index is 11.9. The topological polar surface area (TPSA) is 38.3 Å². The summed E-state index contributed by atoms with van der Waals surface area (Å²) in [5.41, 5.74) is 1.12. The molecule has 0 spiro atoms. The van der Waals surface area contributed by atoms with Crippen LogP contribution < -0.4 is 10.1 Å². The molecule has 0 radical (unpaired) electrons. The van der Waals surface area contributed by atoms with Crippen molar-refractivity contribution in [1.82, 2.24) is 5.32 Å². The lowest BCUT2D eigenvalue weighted by Gasteiger charge is -2.18. The van der Waals surface area contributed by atoms with Crippen molar-refractivity contribution >= 4 is 17.7 Å². The van der Waals surface area contributed by atoms with Crippen molar-refractivity contribution in [2.45, 2.75) is 45.5 Å². The van der Waals surface area contributed by atoms with Crippen LogP contribution in [0.1, 0.15) is 33.3 Å². The number of hydrogen-bond acceptors (Lipinski definition) is 3. The Hall–Kier alpha value is -1.16. The number of hydrogen-bond donors (Lipinski definition) is 1. The van der Waals surface area contributed by atoms with E-state index < -0.39 is 6.10 Å². The molecular weight excluding hydrogens is 270 g/mol. The zero-order valence-electron chi connectivity index (χ0n) is 13.0. The van der Waals surface area contributed by atoms with Gasteiger partial charge in [-0.05, 0) is 31.5 Å². The van der Waals surface area contributed by atoms with Crippen LogP contribution >= 0.6 is 11.8 Å². The second-order valence-electron chi connectivity index (χ2n) is 5.83. The second kappa shape index (κ2) is 7.58. The fraction of sp³-hybridized carbons (Fsp3) is 0.562. The normalized spacial score (nSPS) is 12.8. The first-order valence-corrected chi connectivity index (χ1v) is 7.91. The number of carbonyl (C=O) groups excluding carboxylic acids is 1. The maximum absolute atomic E-state index is 11.9. The van der Waals surface area contributed by atoms with Crippen molar-refractivity contribution in [2.75, 3.05) is 12.3 Å². The average molecular weight is 295 g/mol. The van der Waals surface area contributed by atoms with Crippen LogP contribution in [0.25, 0.3) is 0 Å². The zero-order valence-corrected chi connectivity index (χ0v) is 13.8. The standard InChI is InChI=1S/C16H25NO2S/c1-12-7-6-8-14(11-12)19-13(2)15(18)17-9-10-20-16(3,4)5/h6-8,11,13H,9-10H2,1-5H3,(H,17,18). The molecular formula is C16H25NO2S. The van der Waals surface area contributed by atoms with E-state index in [-0.39, 0.29) is 10.7 Å². The Morgan fingerprint density at radius 2 is 2.10 bits per heavy atom. The molecule has 0 aromatic heterocycles. The van der Waals surface area contributed by atoms with Gasteiger partial charge in [-0.2, -0.15) is 11.8 Å². The van der Waals surface area contributed by atoms with Crippen LogP contribution in [0.5, 0.6) is 5.75 Å². The molecule has 1 unspecified atom stereocenters. The number of benzene rings is 1. The van der Waals surface area contributed by atoms with E-state index in [1.54, 1.807) is 6.92 Å². The van der Waals surface area contributed by atoms with E-state index in [9.17, 15) is 4.79 Å². The lowest BCUT2D eigenvalue weighted by atomic mass is 10.2. The summed E-state index contributed by atoms with van der Waals surface area (Å²) in [5, 5.41) is 2.91. The Morgan fingerprint density at radius 1 is 1.40 bits per heavy atom. The molecule has 1 aromatic carbocycles. The Morgan fingerprint density at radius 3 is 2.70 bits per heavy atom. The Bertz CT molecular complexity index is 440. The third-order valence-corrected chi connectivity index (χ3v) is 3.88. The van der Waals surface area contributed by atoms with Gasteiger partial charge in [-0.3, -0.25) is 4.79 Å². The Labute approximate surface area is 126 Å². The quantitative estimate of drug-likeness (QED) is 0.817. The highest BCUT2D eigenvalue weighted by Gasteiger charge is 2.15. The lowest BCUT2D eigenvalue weighted by Crippen LogP contribution is -2.37. The summed E-state index contributed by atoms with van der Waals surface area (Å²) in [5.74, 6) is 1.57. The summed E-state index contributed by atoms with van der Waals surface area (Å²) in [6.45, 7) is 11.0. The molecule has 0 aliphatic carbocycles. The number of rotatable bonds is 6. The van der Waals surface area contributed by atoms with Gasteiger partial charge in [-0.1, -0.05) is 32.9 Å². The summed E-state index contributed by atoms with van der Waals surface area (Å²) < 4.78 is 5.87. The maximum Gasteiger partial charge on any atom is 0.260 e. The molecule has 1 aromatic rings. The molecule has 112 valence electrons. The largest absolute Gasteiger partial charge is 0.481 e.